The van der Waals surface area contributed by atoms with Gasteiger partial charge in [0.2, 0.25) is 0 Å². The van der Waals surface area contributed by atoms with Crippen LogP contribution in [0.2, 0.25) is 0 Å². The number of aryl methyl sites for hydroxylation is 1. The summed E-state index contributed by atoms with van der Waals surface area (Å²) in [6, 6.07) is 19.9. The van der Waals surface area contributed by atoms with Gasteiger partial charge in [-0.1, -0.05) is 24.3 Å². The summed E-state index contributed by atoms with van der Waals surface area (Å²) in [6.07, 6.45) is 3.39. The zero-order valence-electron chi connectivity index (χ0n) is 21.2. The van der Waals surface area contributed by atoms with Crippen molar-refractivity contribution in [3.8, 4) is 28.8 Å². The van der Waals surface area contributed by atoms with Gasteiger partial charge in [-0.15, -0.1) is 0 Å². The van der Waals surface area contributed by atoms with Gasteiger partial charge < -0.3 is 19.6 Å². The Bertz CT molecular complexity index is 1750. The molecule has 0 aliphatic heterocycles. The van der Waals surface area contributed by atoms with Gasteiger partial charge in [-0.2, -0.15) is 10.4 Å². The van der Waals surface area contributed by atoms with Crippen LogP contribution in [0.1, 0.15) is 35.2 Å². The molecule has 5 rings (SSSR count). The molecule has 5 aromatic rings. The third-order valence-corrected chi connectivity index (χ3v) is 6.47. The van der Waals surface area contributed by atoms with Crippen molar-refractivity contribution in [2.75, 3.05) is 12.4 Å². The molecule has 0 aliphatic rings. The monoisotopic (exact) mass is 506 g/mol. The first kappa shape index (κ1) is 24.8. The van der Waals surface area contributed by atoms with E-state index in [1.54, 1.807) is 35.3 Å². The van der Waals surface area contributed by atoms with Crippen LogP contribution in [0.15, 0.2) is 82.3 Å². The van der Waals surface area contributed by atoms with Crippen molar-refractivity contribution in [1.82, 2.24) is 9.78 Å². The van der Waals surface area contributed by atoms with Crippen molar-refractivity contribution >= 4 is 16.7 Å². The van der Waals surface area contributed by atoms with Crippen LogP contribution < -0.4 is 15.5 Å². The number of aliphatic hydroxyl groups is 1. The van der Waals surface area contributed by atoms with Crippen LogP contribution >= 0.6 is 0 Å². The lowest BCUT2D eigenvalue weighted by Crippen LogP contribution is -2.11. The molecular formula is C30H26N4O4. The summed E-state index contributed by atoms with van der Waals surface area (Å²) in [6.45, 7) is 3.85. The van der Waals surface area contributed by atoms with E-state index < -0.39 is 0 Å². The fourth-order valence-corrected chi connectivity index (χ4v) is 4.51. The quantitative estimate of drug-likeness (QED) is 0.300. The molecule has 0 bridgehead atoms. The highest BCUT2D eigenvalue weighted by molar-refractivity contribution is 5.83. The van der Waals surface area contributed by atoms with Crippen molar-refractivity contribution in [3.63, 3.8) is 0 Å². The zero-order chi connectivity index (χ0) is 26.8. The Morgan fingerprint density at radius 2 is 2.00 bits per heavy atom. The Kier molecular flexibility index (Phi) is 6.69. The van der Waals surface area contributed by atoms with Gasteiger partial charge in [-0.3, -0.25) is 4.79 Å². The number of nitrogens with one attached hydrogen (secondary N) is 1. The summed E-state index contributed by atoms with van der Waals surface area (Å²) >= 11 is 0. The highest BCUT2D eigenvalue weighted by Gasteiger charge is 2.18. The lowest BCUT2D eigenvalue weighted by atomic mass is 10.0. The molecule has 3 aromatic carbocycles. The van der Waals surface area contributed by atoms with Crippen molar-refractivity contribution in [1.29, 1.82) is 5.26 Å². The van der Waals surface area contributed by atoms with Gasteiger partial charge >= 0.3 is 0 Å². The van der Waals surface area contributed by atoms with Crippen LogP contribution in [0, 0.1) is 18.3 Å². The van der Waals surface area contributed by atoms with E-state index in [0.29, 0.717) is 39.3 Å². The Hall–Kier alpha value is -4.87. The van der Waals surface area contributed by atoms with Gasteiger partial charge in [0.15, 0.2) is 5.43 Å². The van der Waals surface area contributed by atoms with E-state index in [9.17, 15) is 15.2 Å². The summed E-state index contributed by atoms with van der Waals surface area (Å²) in [5, 5.41) is 27.4. The van der Waals surface area contributed by atoms with E-state index in [1.807, 2.05) is 50.2 Å². The van der Waals surface area contributed by atoms with Crippen LogP contribution in [0.25, 0.3) is 28.0 Å². The molecule has 0 spiro atoms. The van der Waals surface area contributed by atoms with E-state index >= 15 is 0 Å². The Balaban J connectivity index is 1.56. The number of aliphatic hydroxyl groups excluding tert-OH is 1. The highest BCUT2D eigenvalue weighted by atomic mass is 16.5. The maximum absolute atomic E-state index is 13.2. The molecule has 2 N–H and O–H groups in total. The standard InChI is InChI=1S/C30H26N4O4/c1-18-10-24(19(2)33-26-7-5-4-6-21(26)17-35)30-25(11-18)27(36)13-29(38-30)22-15-32-34(16-22)23-9-8-20(14-31)28(12-23)37-3/h4-13,15-16,19,33,35H,17H2,1-3H3. The number of methoxy groups -OCH3 is 1. The zero-order valence-corrected chi connectivity index (χ0v) is 21.2. The lowest BCUT2D eigenvalue weighted by molar-refractivity contribution is 0.282. The second kappa shape index (κ2) is 10.2. The van der Waals surface area contributed by atoms with Crippen LogP contribution in [0.5, 0.6) is 5.75 Å². The van der Waals surface area contributed by atoms with Gasteiger partial charge in [0.05, 0.1) is 48.2 Å². The van der Waals surface area contributed by atoms with Gasteiger partial charge in [-0.25, -0.2) is 4.68 Å². The number of hydrogen-bond donors (Lipinski definition) is 2. The van der Waals surface area contributed by atoms with Crippen LogP contribution in [-0.2, 0) is 6.61 Å². The molecule has 8 heteroatoms. The number of nitriles is 1. The van der Waals surface area contributed by atoms with Gasteiger partial charge in [-0.05, 0) is 43.7 Å². The van der Waals surface area contributed by atoms with E-state index in [0.717, 1.165) is 22.4 Å². The Morgan fingerprint density at radius 3 is 2.76 bits per heavy atom. The molecule has 2 aromatic heterocycles. The molecule has 2 heterocycles. The van der Waals surface area contributed by atoms with Crippen molar-refractivity contribution in [2.24, 2.45) is 0 Å². The molecule has 0 saturated carbocycles. The SMILES string of the molecule is COc1cc(-n2cc(-c3cc(=O)c4cc(C)cc(C(C)Nc5ccccc5CO)c4o3)cn2)ccc1C#N. The maximum Gasteiger partial charge on any atom is 0.193 e. The minimum absolute atomic E-state index is 0.0845. The molecule has 1 unspecified atom stereocenters. The third-order valence-electron chi connectivity index (χ3n) is 6.47. The fourth-order valence-electron chi connectivity index (χ4n) is 4.51. The van der Waals surface area contributed by atoms with Crippen molar-refractivity contribution in [3.05, 3.63) is 106 Å². The summed E-state index contributed by atoms with van der Waals surface area (Å²) in [5.74, 6) is 0.839. The maximum atomic E-state index is 13.2. The van der Waals surface area contributed by atoms with E-state index in [1.165, 1.54) is 13.2 Å². The number of fused-ring (bicyclic) bond motifs is 1. The summed E-state index contributed by atoms with van der Waals surface area (Å²) in [5.41, 5.74) is 5.47. The third kappa shape index (κ3) is 4.63. The largest absolute Gasteiger partial charge is 0.495 e. The summed E-state index contributed by atoms with van der Waals surface area (Å²) in [4.78, 5) is 13.2. The van der Waals surface area contributed by atoms with Crippen molar-refractivity contribution < 1.29 is 14.3 Å². The topological polar surface area (TPSA) is 113 Å². The van der Waals surface area contributed by atoms with Gasteiger partial charge in [0.25, 0.3) is 0 Å². The average molecular weight is 507 g/mol. The van der Waals surface area contributed by atoms with Gasteiger partial charge in [0.1, 0.15) is 23.2 Å². The first-order valence-corrected chi connectivity index (χ1v) is 12.1. The number of benzene rings is 3. The molecule has 0 saturated heterocycles. The molecule has 0 fully saturated rings. The molecular weight excluding hydrogens is 480 g/mol. The molecule has 0 amide bonds. The van der Waals surface area contributed by atoms with Crippen molar-refractivity contribution in [2.45, 2.75) is 26.5 Å². The highest BCUT2D eigenvalue weighted by Crippen LogP contribution is 2.31. The Morgan fingerprint density at radius 1 is 1.18 bits per heavy atom. The number of ether oxygens (including phenoxy) is 1. The number of anilines is 1. The number of hydrogen-bond acceptors (Lipinski definition) is 7. The number of rotatable bonds is 7. The average Bonchev–Trinajstić information content (AvgIpc) is 3.43. The Labute approximate surface area is 219 Å². The minimum atomic E-state index is -0.211. The first-order valence-electron chi connectivity index (χ1n) is 12.1. The van der Waals surface area contributed by atoms with E-state index in [4.69, 9.17) is 9.15 Å². The van der Waals surface area contributed by atoms with Crippen LogP contribution in [0.4, 0.5) is 5.69 Å². The van der Waals surface area contributed by atoms with E-state index in [2.05, 4.69) is 16.5 Å². The molecule has 0 aliphatic carbocycles. The predicted molar refractivity (Wildman–Crippen MR) is 145 cm³/mol. The molecule has 38 heavy (non-hydrogen) atoms. The number of aromatic nitrogens is 2. The minimum Gasteiger partial charge on any atom is -0.495 e. The molecule has 8 nitrogen and oxygen atoms in total. The molecule has 1 atom stereocenters. The summed E-state index contributed by atoms with van der Waals surface area (Å²) < 4.78 is 13.3. The second-order valence-corrected chi connectivity index (χ2v) is 9.06. The van der Waals surface area contributed by atoms with E-state index in [-0.39, 0.29) is 18.1 Å². The predicted octanol–water partition coefficient (Wildman–Crippen LogP) is 5.50. The smallest absolute Gasteiger partial charge is 0.193 e. The van der Waals surface area contributed by atoms with Gasteiger partial charge in [0, 0.05) is 35.1 Å². The van der Waals surface area contributed by atoms with Crippen LogP contribution in [-0.4, -0.2) is 22.0 Å². The number of nitrogens with zero attached hydrogens (tertiary/aromatic N) is 3. The summed E-state index contributed by atoms with van der Waals surface area (Å²) in [7, 11) is 1.51. The van der Waals surface area contributed by atoms with Crippen LogP contribution in [0.3, 0.4) is 0 Å². The number of para-hydroxylation sites is 1. The first-order chi connectivity index (χ1) is 18.4. The molecule has 0 radical (unpaired) electrons. The normalized spacial score (nSPS) is 11.8. The fraction of sp³-hybridized carbons (Fsp3) is 0.167. The second-order valence-electron chi connectivity index (χ2n) is 9.06. The lowest BCUT2D eigenvalue weighted by Gasteiger charge is -2.19. The molecule has 190 valence electrons.